The molecule has 0 radical (unpaired) electrons. The van der Waals surface area contributed by atoms with E-state index >= 15 is 0 Å². The minimum Gasteiger partial charge on any atom is -0.335 e. The molecule has 25 heavy (non-hydrogen) atoms. The Hall–Kier alpha value is -1.55. The lowest BCUT2D eigenvalue weighted by Crippen LogP contribution is -2.50. The summed E-state index contributed by atoms with van der Waals surface area (Å²) in [7, 11) is 1.97. The third-order valence-electron chi connectivity index (χ3n) is 6.01. The number of aryl methyl sites for hydroxylation is 1. The van der Waals surface area contributed by atoms with Gasteiger partial charge in [0.05, 0.1) is 0 Å². The highest BCUT2D eigenvalue weighted by atomic mass is 16.2. The summed E-state index contributed by atoms with van der Waals surface area (Å²) >= 11 is 0. The van der Waals surface area contributed by atoms with E-state index in [9.17, 15) is 4.79 Å². The van der Waals surface area contributed by atoms with Crippen LogP contribution in [0.2, 0.25) is 0 Å². The number of hydrogen-bond donors (Lipinski definition) is 1. The predicted molar refractivity (Wildman–Crippen MR) is 103 cm³/mol. The van der Waals surface area contributed by atoms with Crippen LogP contribution in [0.25, 0.3) is 0 Å². The van der Waals surface area contributed by atoms with Gasteiger partial charge >= 0.3 is 6.03 Å². The van der Waals surface area contributed by atoms with Crippen molar-refractivity contribution < 1.29 is 4.79 Å². The molecule has 1 aromatic rings. The molecule has 1 aliphatic carbocycles. The van der Waals surface area contributed by atoms with Gasteiger partial charge in [-0.2, -0.15) is 0 Å². The van der Waals surface area contributed by atoms with Gasteiger partial charge in [0, 0.05) is 38.8 Å². The molecule has 4 heteroatoms. The molecule has 1 saturated carbocycles. The smallest absolute Gasteiger partial charge is 0.317 e. The fraction of sp³-hybridized carbons (Fsp3) is 0.667. The first kappa shape index (κ1) is 18.2. The minimum absolute atomic E-state index is 0.129. The van der Waals surface area contributed by atoms with E-state index in [2.05, 4.69) is 41.4 Å². The number of likely N-dealkylation sites (tertiary alicyclic amines) is 1. The molecule has 4 nitrogen and oxygen atoms in total. The van der Waals surface area contributed by atoms with Crippen LogP contribution in [0.3, 0.4) is 0 Å². The van der Waals surface area contributed by atoms with Crippen molar-refractivity contribution >= 4 is 6.03 Å². The number of rotatable bonds is 4. The number of nitrogens with zero attached hydrogens (tertiary/aromatic N) is 2. The van der Waals surface area contributed by atoms with E-state index in [1.165, 1.54) is 43.2 Å². The number of carbonyl (C=O) groups is 1. The molecule has 0 spiro atoms. The zero-order valence-corrected chi connectivity index (χ0v) is 15.8. The summed E-state index contributed by atoms with van der Waals surface area (Å²) in [6.45, 7) is 5.33. The van der Waals surface area contributed by atoms with Crippen molar-refractivity contribution in [2.75, 3.05) is 20.1 Å². The summed E-state index contributed by atoms with van der Waals surface area (Å²) in [5.74, 6) is 0. The van der Waals surface area contributed by atoms with Gasteiger partial charge < -0.3 is 10.2 Å². The van der Waals surface area contributed by atoms with E-state index in [0.717, 1.165) is 32.5 Å². The summed E-state index contributed by atoms with van der Waals surface area (Å²) < 4.78 is 0. The van der Waals surface area contributed by atoms with Gasteiger partial charge in [-0.1, -0.05) is 43.5 Å². The highest BCUT2D eigenvalue weighted by Gasteiger charge is 2.26. The summed E-state index contributed by atoms with van der Waals surface area (Å²) in [6.07, 6.45) is 8.29. The molecule has 0 bridgehead atoms. The maximum absolute atomic E-state index is 12.5. The van der Waals surface area contributed by atoms with Gasteiger partial charge in [-0.15, -0.1) is 0 Å². The molecule has 0 aromatic heterocycles. The fourth-order valence-electron chi connectivity index (χ4n) is 4.17. The van der Waals surface area contributed by atoms with E-state index < -0.39 is 0 Å². The Bertz CT molecular complexity index is 560. The molecule has 3 rings (SSSR count). The molecular weight excluding hydrogens is 310 g/mol. The van der Waals surface area contributed by atoms with Gasteiger partial charge in [-0.25, -0.2) is 4.79 Å². The number of urea groups is 1. The zero-order chi connectivity index (χ0) is 17.6. The van der Waals surface area contributed by atoms with Crippen molar-refractivity contribution in [3.05, 3.63) is 35.4 Å². The quantitative estimate of drug-likeness (QED) is 0.899. The van der Waals surface area contributed by atoms with Crippen LogP contribution in [-0.2, 0) is 6.54 Å². The highest BCUT2D eigenvalue weighted by molar-refractivity contribution is 5.74. The van der Waals surface area contributed by atoms with Crippen molar-refractivity contribution in [2.45, 2.75) is 70.5 Å². The van der Waals surface area contributed by atoms with Gasteiger partial charge in [-0.3, -0.25) is 4.90 Å². The number of benzene rings is 1. The molecular formula is C21H33N3O. The SMILES string of the molecule is Cc1ccccc1CN1CCC(NC(=O)N(C)C2CCCCC2)CC1. The summed E-state index contributed by atoms with van der Waals surface area (Å²) in [5.41, 5.74) is 2.79. The fourth-order valence-corrected chi connectivity index (χ4v) is 4.17. The minimum atomic E-state index is 0.129. The zero-order valence-electron chi connectivity index (χ0n) is 15.8. The molecule has 2 amide bonds. The topological polar surface area (TPSA) is 35.6 Å². The largest absolute Gasteiger partial charge is 0.335 e. The number of piperidine rings is 1. The Balaban J connectivity index is 1.43. The lowest BCUT2D eigenvalue weighted by Gasteiger charge is -2.36. The number of hydrogen-bond acceptors (Lipinski definition) is 2. The molecule has 1 N–H and O–H groups in total. The van der Waals surface area contributed by atoms with E-state index in [4.69, 9.17) is 0 Å². The Morgan fingerprint density at radius 2 is 1.80 bits per heavy atom. The normalized spacial score (nSPS) is 20.4. The van der Waals surface area contributed by atoms with E-state index in [-0.39, 0.29) is 6.03 Å². The summed E-state index contributed by atoms with van der Waals surface area (Å²) in [6, 6.07) is 9.52. The van der Waals surface area contributed by atoms with Crippen LogP contribution < -0.4 is 5.32 Å². The monoisotopic (exact) mass is 343 g/mol. The van der Waals surface area contributed by atoms with Crippen molar-refractivity contribution in [3.63, 3.8) is 0 Å². The highest BCUT2D eigenvalue weighted by Crippen LogP contribution is 2.22. The van der Waals surface area contributed by atoms with Crippen LogP contribution in [0.1, 0.15) is 56.1 Å². The van der Waals surface area contributed by atoms with Gasteiger partial charge in [0.1, 0.15) is 0 Å². The number of nitrogens with one attached hydrogen (secondary N) is 1. The van der Waals surface area contributed by atoms with Crippen LogP contribution in [0.5, 0.6) is 0 Å². The third-order valence-corrected chi connectivity index (χ3v) is 6.01. The Kier molecular flexibility index (Phi) is 6.35. The second-order valence-electron chi connectivity index (χ2n) is 7.83. The molecule has 1 aliphatic heterocycles. The van der Waals surface area contributed by atoms with Crippen molar-refractivity contribution in [3.8, 4) is 0 Å². The average molecular weight is 344 g/mol. The Morgan fingerprint density at radius 3 is 2.48 bits per heavy atom. The predicted octanol–water partition coefficient (Wildman–Crippen LogP) is 3.93. The standard InChI is InChI=1S/C21H33N3O/c1-17-8-6-7-9-18(17)16-24-14-12-19(13-15-24)22-21(25)23(2)20-10-4-3-5-11-20/h6-9,19-20H,3-5,10-16H2,1-2H3,(H,22,25). The van der Waals surface area contributed by atoms with Crippen LogP contribution >= 0.6 is 0 Å². The number of carbonyl (C=O) groups excluding carboxylic acids is 1. The molecule has 138 valence electrons. The lowest BCUT2D eigenvalue weighted by atomic mass is 9.94. The molecule has 2 aliphatic rings. The Labute approximate surface area is 152 Å². The first-order valence-electron chi connectivity index (χ1n) is 9.93. The molecule has 1 aromatic carbocycles. The third kappa shape index (κ3) is 4.97. The second kappa shape index (κ2) is 8.70. The second-order valence-corrected chi connectivity index (χ2v) is 7.83. The molecule has 0 unspecified atom stereocenters. The molecule has 1 heterocycles. The number of amides is 2. The Morgan fingerprint density at radius 1 is 1.12 bits per heavy atom. The van der Waals surface area contributed by atoms with Crippen molar-refractivity contribution in [2.24, 2.45) is 0 Å². The van der Waals surface area contributed by atoms with Crippen LogP contribution in [-0.4, -0.2) is 48.1 Å². The van der Waals surface area contributed by atoms with Crippen molar-refractivity contribution in [1.82, 2.24) is 15.1 Å². The van der Waals surface area contributed by atoms with Crippen LogP contribution in [0, 0.1) is 6.92 Å². The first-order chi connectivity index (χ1) is 12.1. The lowest BCUT2D eigenvalue weighted by molar-refractivity contribution is 0.155. The maximum atomic E-state index is 12.5. The van der Waals surface area contributed by atoms with Crippen LogP contribution in [0.4, 0.5) is 4.79 Å². The van der Waals surface area contributed by atoms with Crippen molar-refractivity contribution in [1.29, 1.82) is 0 Å². The van der Waals surface area contributed by atoms with E-state index in [1.807, 2.05) is 11.9 Å². The molecule has 1 saturated heterocycles. The van der Waals surface area contributed by atoms with E-state index in [0.29, 0.717) is 12.1 Å². The van der Waals surface area contributed by atoms with E-state index in [1.54, 1.807) is 0 Å². The van der Waals surface area contributed by atoms with Gasteiger partial charge in [-0.05, 0) is 43.7 Å². The van der Waals surface area contributed by atoms with Crippen LogP contribution in [0.15, 0.2) is 24.3 Å². The summed E-state index contributed by atoms with van der Waals surface area (Å²) in [4.78, 5) is 17.0. The average Bonchev–Trinajstić information content (AvgIpc) is 2.65. The first-order valence-corrected chi connectivity index (χ1v) is 9.93. The van der Waals surface area contributed by atoms with Gasteiger partial charge in [0.25, 0.3) is 0 Å². The molecule has 2 fully saturated rings. The maximum Gasteiger partial charge on any atom is 0.317 e. The van der Waals surface area contributed by atoms with Gasteiger partial charge in [0.2, 0.25) is 0 Å². The van der Waals surface area contributed by atoms with Gasteiger partial charge in [0.15, 0.2) is 0 Å². The molecule has 0 atom stereocenters. The summed E-state index contributed by atoms with van der Waals surface area (Å²) in [5, 5.41) is 3.27.